The van der Waals surface area contributed by atoms with Crippen molar-refractivity contribution in [2.75, 3.05) is 0 Å². The number of primary amides is 1. The first-order valence-electron chi connectivity index (χ1n) is 5.48. The van der Waals surface area contributed by atoms with Crippen molar-refractivity contribution < 1.29 is 9.86 Å². The summed E-state index contributed by atoms with van der Waals surface area (Å²) in [5.41, 5.74) is 4.58. The van der Waals surface area contributed by atoms with Gasteiger partial charge in [0.1, 0.15) is 0 Å². The van der Waals surface area contributed by atoms with E-state index < -0.39 is 0 Å². The molecule has 0 radical (unpaired) electrons. The third-order valence-electron chi connectivity index (χ3n) is 3.32. The van der Waals surface area contributed by atoms with Gasteiger partial charge in [0.05, 0.1) is 11.1 Å². The van der Waals surface area contributed by atoms with Gasteiger partial charge in [-0.1, -0.05) is 0 Å². The summed E-state index contributed by atoms with van der Waals surface area (Å²) in [6, 6.07) is 0. The molecule has 88 valence electrons. The van der Waals surface area contributed by atoms with E-state index in [1.54, 1.807) is 0 Å². The summed E-state index contributed by atoms with van der Waals surface area (Å²) in [6.45, 7) is 7.85. The smallest absolute Gasteiger partial charge is 0.217 e. The minimum atomic E-state index is -0.318. The van der Waals surface area contributed by atoms with E-state index in [0.29, 0.717) is 11.5 Å². The Morgan fingerprint density at radius 1 is 1.33 bits per heavy atom. The van der Waals surface area contributed by atoms with Crippen LogP contribution in [0.4, 0.5) is 0 Å². The average Bonchev–Trinajstić information content (AvgIpc) is 1.97. The van der Waals surface area contributed by atoms with Crippen molar-refractivity contribution in [3.63, 3.8) is 0 Å². The van der Waals surface area contributed by atoms with E-state index >= 15 is 0 Å². The second-order valence-electron chi connectivity index (χ2n) is 6.04. The number of hydrogen-bond donors (Lipinski definition) is 2. The van der Waals surface area contributed by atoms with Crippen LogP contribution < -0.4 is 10.8 Å². The first kappa shape index (κ1) is 12.5. The summed E-state index contributed by atoms with van der Waals surface area (Å²) in [5.74, 6) is -0.00820. The minimum absolute atomic E-state index is 0.255. The average molecular weight is 214 g/mol. The first-order chi connectivity index (χ1) is 6.65. The van der Waals surface area contributed by atoms with Crippen molar-refractivity contribution in [3.8, 4) is 0 Å². The van der Waals surface area contributed by atoms with E-state index in [0.717, 1.165) is 12.8 Å². The Bertz CT molecular complexity index is 243. The molecule has 4 nitrogen and oxygen atoms in total. The molecule has 1 amide bonds. The van der Waals surface area contributed by atoms with Crippen LogP contribution in [0.2, 0.25) is 0 Å². The normalized spacial score (nSPS) is 33.7. The summed E-state index contributed by atoms with van der Waals surface area (Å²) in [6.07, 6.45) is 1.95. The van der Waals surface area contributed by atoms with Crippen molar-refractivity contribution in [2.45, 2.75) is 58.0 Å². The van der Waals surface area contributed by atoms with Crippen LogP contribution in [0.1, 0.15) is 47.0 Å². The molecular weight excluding hydrogens is 192 g/mol. The van der Waals surface area contributed by atoms with Crippen molar-refractivity contribution in [1.29, 1.82) is 0 Å². The van der Waals surface area contributed by atoms with E-state index in [9.17, 15) is 10.0 Å². The van der Waals surface area contributed by atoms with Gasteiger partial charge in [-0.15, -0.1) is 0 Å². The molecule has 15 heavy (non-hydrogen) atoms. The van der Waals surface area contributed by atoms with E-state index in [2.05, 4.69) is 0 Å². The maximum atomic E-state index is 12.1. The predicted octanol–water partition coefficient (Wildman–Crippen LogP) is 0.212. The van der Waals surface area contributed by atoms with Crippen LogP contribution in [0.15, 0.2) is 0 Å². The Morgan fingerprint density at radius 3 is 2.07 bits per heavy atom. The fourth-order valence-corrected chi connectivity index (χ4v) is 3.05. The molecule has 4 heteroatoms. The fraction of sp³-hybridized carbons (Fsp3) is 0.909. The molecule has 1 fully saturated rings. The van der Waals surface area contributed by atoms with Gasteiger partial charge in [-0.2, -0.15) is 0 Å². The number of hydrogen-bond acceptors (Lipinski definition) is 2. The maximum absolute atomic E-state index is 12.1. The number of amides is 1. The summed E-state index contributed by atoms with van der Waals surface area (Å²) in [7, 11) is 0. The Balaban J connectivity index is 2.79. The number of hydroxylamine groups is 2. The van der Waals surface area contributed by atoms with Crippen LogP contribution >= 0.6 is 0 Å². The summed E-state index contributed by atoms with van der Waals surface area (Å²) in [5, 5.41) is 12.4. The Kier molecular flexibility index (Phi) is 3.12. The molecule has 0 aromatic rings. The summed E-state index contributed by atoms with van der Waals surface area (Å²) in [4.78, 5) is 10.9. The van der Waals surface area contributed by atoms with E-state index in [1.165, 1.54) is 0 Å². The van der Waals surface area contributed by atoms with Gasteiger partial charge >= 0.3 is 0 Å². The number of piperidine rings is 1. The van der Waals surface area contributed by atoms with E-state index in [1.807, 2.05) is 27.7 Å². The van der Waals surface area contributed by atoms with Gasteiger partial charge in [0.15, 0.2) is 0 Å². The van der Waals surface area contributed by atoms with Gasteiger partial charge in [-0.05, 0) is 33.6 Å². The lowest BCUT2D eigenvalue weighted by Crippen LogP contribution is -3.23. The standard InChI is InChI=1S/C11H22N2O2/c1-10(2)6-8(5-9(12)14)7-11(3,4)13(10)15/h8,13H,5-7H2,1-4H3,(H2,12,14). The number of carbonyl (C=O) groups excluding carboxylic acids is 1. The van der Waals surface area contributed by atoms with Crippen LogP contribution in [0.5, 0.6) is 0 Å². The van der Waals surface area contributed by atoms with Crippen LogP contribution in [0, 0.1) is 11.1 Å². The maximum Gasteiger partial charge on any atom is 0.217 e. The molecule has 0 aliphatic carbocycles. The zero-order valence-electron chi connectivity index (χ0n) is 10.1. The number of nitrogens with one attached hydrogen (secondary N) is 1. The van der Waals surface area contributed by atoms with E-state index in [4.69, 9.17) is 5.73 Å². The van der Waals surface area contributed by atoms with Crippen molar-refractivity contribution in [2.24, 2.45) is 11.7 Å². The quantitative estimate of drug-likeness (QED) is 0.645. The third-order valence-corrected chi connectivity index (χ3v) is 3.32. The second-order valence-corrected chi connectivity index (χ2v) is 6.04. The minimum Gasteiger partial charge on any atom is -0.634 e. The Morgan fingerprint density at radius 2 is 1.73 bits per heavy atom. The van der Waals surface area contributed by atoms with Gasteiger partial charge < -0.3 is 16.0 Å². The number of nitrogens with two attached hydrogens (primary N) is 1. The molecule has 0 aromatic heterocycles. The van der Waals surface area contributed by atoms with Gasteiger partial charge in [0, 0.05) is 19.3 Å². The molecular formula is C11H22N2O2. The van der Waals surface area contributed by atoms with Crippen molar-refractivity contribution >= 4 is 5.91 Å². The van der Waals surface area contributed by atoms with Crippen LogP contribution in [0.3, 0.4) is 0 Å². The highest BCUT2D eigenvalue weighted by atomic mass is 16.5. The second kappa shape index (κ2) is 3.76. The van der Waals surface area contributed by atoms with Gasteiger partial charge in [0.25, 0.3) is 0 Å². The topological polar surface area (TPSA) is 70.6 Å². The number of rotatable bonds is 2. The SMILES string of the molecule is CC1(C)CC(CC(N)=O)CC(C)(C)[NH+]1[O-]. The Hall–Kier alpha value is -0.610. The largest absolute Gasteiger partial charge is 0.634 e. The molecule has 1 aliphatic rings. The summed E-state index contributed by atoms with van der Waals surface area (Å²) < 4.78 is 0. The highest BCUT2D eigenvalue weighted by molar-refractivity contribution is 5.74. The van der Waals surface area contributed by atoms with Gasteiger partial charge in [-0.3, -0.25) is 4.79 Å². The lowest BCUT2D eigenvalue weighted by molar-refractivity contribution is -0.956. The molecule has 1 saturated heterocycles. The lowest BCUT2D eigenvalue weighted by atomic mass is 9.74. The predicted molar refractivity (Wildman–Crippen MR) is 59.0 cm³/mol. The zero-order chi connectivity index (χ0) is 11.9. The molecule has 1 heterocycles. The van der Waals surface area contributed by atoms with E-state index in [-0.39, 0.29) is 22.9 Å². The van der Waals surface area contributed by atoms with Crippen molar-refractivity contribution in [1.82, 2.24) is 0 Å². The van der Waals surface area contributed by atoms with Crippen LogP contribution in [-0.4, -0.2) is 17.0 Å². The number of carbonyl (C=O) groups is 1. The molecule has 3 N–H and O–H groups in total. The molecule has 1 rings (SSSR count). The molecule has 0 saturated carbocycles. The molecule has 0 spiro atoms. The van der Waals surface area contributed by atoms with Crippen molar-refractivity contribution in [3.05, 3.63) is 5.21 Å². The lowest BCUT2D eigenvalue weighted by Gasteiger charge is -2.54. The summed E-state index contributed by atoms with van der Waals surface area (Å²) >= 11 is 0. The highest BCUT2D eigenvalue weighted by Crippen LogP contribution is 2.30. The molecule has 1 aliphatic heterocycles. The first-order valence-corrected chi connectivity index (χ1v) is 5.48. The highest BCUT2D eigenvalue weighted by Gasteiger charge is 2.45. The molecule has 0 atom stereocenters. The Labute approximate surface area is 91.4 Å². The zero-order valence-corrected chi connectivity index (χ0v) is 10.1. The molecule has 0 bridgehead atoms. The molecule has 0 unspecified atom stereocenters. The number of quaternary nitrogens is 1. The monoisotopic (exact) mass is 214 g/mol. The van der Waals surface area contributed by atoms with Gasteiger partial charge in [0.2, 0.25) is 5.91 Å². The van der Waals surface area contributed by atoms with Crippen LogP contribution in [-0.2, 0) is 4.79 Å². The molecule has 0 aromatic carbocycles. The van der Waals surface area contributed by atoms with Gasteiger partial charge in [-0.25, -0.2) is 0 Å². The van der Waals surface area contributed by atoms with Crippen LogP contribution in [0.25, 0.3) is 0 Å². The fourth-order valence-electron chi connectivity index (χ4n) is 3.05. The third kappa shape index (κ3) is 2.69.